The lowest BCUT2D eigenvalue weighted by molar-refractivity contribution is 0.0235. The van der Waals surface area contributed by atoms with Gasteiger partial charge in [-0.2, -0.15) is 0 Å². The first-order valence-electron chi connectivity index (χ1n) is 5.14. The predicted octanol–water partition coefficient (Wildman–Crippen LogP) is 1.98. The second-order valence-electron chi connectivity index (χ2n) is 3.77. The van der Waals surface area contributed by atoms with Crippen LogP contribution >= 0.6 is 0 Å². The predicted molar refractivity (Wildman–Crippen MR) is 57.6 cm³/mol. The van der Waals surface area contributed by atoms with Crippen LogP contribution in [0.2, 0.25) is 0 Å². The molecule has 0 spiro atoms. The maximum atomic E-state index is 10.0. The summed E-state index contributed by atoms with van der Waals surface area (Å²) in [4.78, 5) is 10.0. The molecule has 5 heteroatoms. The third kappa shape index (κ3) is 9.16. The van der Waals surface area contributed by atoms with Crippen molar-refractivity contribution in [3.8, 4) is 12.0 Å². The molecule has 0 saturated carbocycles. The average Bonchev–Trinajstić information content (AvgIpc) is 2.15. The van der Waals surface area contributed by atoms with E-state index in [9.17, 15) is 4.79 Å². The molecule has 0 aromatic carbocycles. The molecule has 0 aliphatic heterocycles. The summed E-state index contributed by atoms with van der Waals surface area (Å²) in [7, 11) is 0. The van der Waals surface area contributed by atoms with Crippen LogP contribution in [0.15, 0.2) is 0 Å². The maximum Gasteiger partial charge on any atom is 0.505 e. The fourth-order valence-corrected chi connectivity index (χ4v) is 1.04. The molecule has 0 amide bonds. The smallest absolute Gasteiger partial charge is 0.462 e. The Labute approximate surface area is 95.4 Å². The van der Waals surface area contributed by atoms with Crippen LogP contribution in [-0.2, 0) is 9.47 Å². The molecule has 0 aromatic rings. The summed E-state index contributed by atoms with van der Waals surface area (Å²) in [6.45, 7) is 4.28. The van der Waals surface area contributed by atoms with Crippen molar-refractivity contribution in [1.29, 1.82) is 0 Å². The standard InChI is InChI=1S/C11H18O5/c1-11(2,6-7-12)16-9-5-3-4-8-15-10(13)14/h12H,3-5,8-9H2,1-2H3,(H,13,14). The number of ether oxygens (including phenoxy) is 2. The third-order valence-corrected chi connectivity index (χ3v) is 1.83. The first-order valence-corrected chi connectivity index (χ1v) is 5.14. The number of rotatable bonds is 7. The topological polar surface area (TPSA) is 76.0 Å². The summed E-state index contributed by atoms with van der Waals surface area (Å²) in [6.07, 6.45) is 2.90. The summed E-state index contributed by atoms with van der Waals surface area (Å²) < 4.78 is 9.76. The molecule has 0 bridgehead atoms. The molecule has 92 valence electrons. The van der Waals surface area contributed by atoms with Crippen molar-refractivity contribution < 1.29 is 24.5 Å². The van der Waals surface area contributed by atoms with Gasteiger partial charge in [-0.3, -0.25) is 0 Å². The Kier molecular flexibility index (Phi) is 7.14. The van der Waals surface area contributed by atoms with Crippen LogP contribution in [0, 0.1) is 12.0 Å². The Hall–Kier alpha value is -1.41. The van der Waals surface area contributed by atoms with Gasteiger partial charge < -0.3 is 19.7 Å². The van der Waals surface area contributed by atoms with E-state index in [0.717, 1.165) is 12.8 Å². The van der Waals surface area contributed by atoms with E-state index >= 15 is 0 Å². The number of carboxylic acid groups (broad SMARTS) is 1. The molecule has 5 nitrogen and oxygen atoms in total. The normalized spacial score (nSPS) is 10.4. The molecule has 0 aliphatic carbocycles. The average molecular weight is 230 g/mol. The summed E-state index contributed by atoms with van der Waals surface area (Å²) >= 11 is 0. The Morgan fingerprint density at radius 1 is 1.25 bits per heavy atom. The van der Waals surface area contributed by atoms with Crippen molar-refractivity contribution in [2.75, 3.05) is 13.2 Å². The second kappa shape index (κ2) is 7.83. The second-order valence-corrected chi connectivity index (χ2v) is 3.77. The number of aliphatic hydroxyl groups is 1. The minimum absolute atomic E-state index is 0.217. The van der Waals surface area contributed by atoms with Gasteiger partial charge in [-0.05, 0) is 39.0 Å². The molecule has 0 radical (unpaired) electrons. The summed E-state index contributed by atoms with van der Waals surface area (Å²) in [6, 6.07) is 0. The first-order chi connectivity index (χ1) is 7.48. The Bertz CT molecular complexity index is 261. The van der Waals surface area contributed by atoms with Crippen LogP contribution in [0.1, 0.15) is 33.1 Å². The molecule has 0 unspecified atom stereocenters. The van der Waals surface area contributed by atoms with E-state index in [1.165, 1.54) is 0 Å². The monoisotopic (exact) mass is 230 g/mol. The highest BCUT2D eigenvalue weighted by molar-refractivity contribution is 5.56. The quantitative estimate of drug-likeness (QED) is 0.397. The van der Waals surface area contributed by atoms with E-state index in [1.807, 2.05) is 6.11 Å². The summed E-state index contributed by atoms with van der Waals surface area (Å²) in [5, 5.41) is 16.6. The Balaban J connectivity index is 3.39. The van der Waals surface area contributed by atoms with Crippen LogP contribution < -0.4 is 0 Å². The van der Waals surface area contributed by atoms with Crippen LogP contribution in [-0.4, -0.2) is 35.2 Å². The van der Waals surface area contributed by atoms with Crippen LogP contribution in [0.5, 0.6) is 0 Å². The third-order valence-electron chi connectivity index (χ3n) is 1.83. The molecular formula is C11H18O5. The van der Waals surface area contributed by atoms with Crippen molar-refractivity contribution in [3.63, 3.8) is 0 Å². The van der Waals surface area contributed by atoms with Gasteiger partial charge in [0.1, 0.15) is 11.7 Å². The number of carbonyl (C=O) groups is 1. The van der Waals surface area contributed by atoms with Crippen LogP contribution in [0.25, 0.3) is 0 Å². The molecule has 0 atom stereocenters. The SMILES string of the molecule is CC(C)(C#CO)OCCCCCOC(=O)O. The zero-order chi connectivity index (χ0) is 12.4. The van der Waals surface area contributed by atoms with Crippen LogP contribution in [0.3, 0.4) is 0 Å². The van der Waals surface area contributed by atoms with Crippen molar-refractivity contribution in [2.45, 2.75) is 38.7 Å². The summed E-state index contributed by atoms with van der Waals surface area (Å²) in [5.74, 6) is 2.52. The molecule has 0 fully saturated rings. The maximum absolute atomic E-state index is 10.0. The highest BCUT2D eigenvalue weighted by Gasteiger charge is 2.13. The van der Waals surface area contributed by atoms with Gasteiger partial charge in [-0.1, -0.05) is 0 Å². The highest BCUT2D eigenvalue weighted by Crippen LogP contribution is 2.08. The van der Waals surface area contributed by atoms with E-state index in [0.29, 0.717) is 13.0 Å². The zero-order valence-electron chi connectivity index (χ0n) is 9.65. The molecular weight excluding hydrogens is 212 g/mol. The van der Waals surface area contributed by atoms with Gasteiger partial charge in [0, 0.05) is 6.61 Å². The largest absolute Gasteiger partial charge is 0.505 e. The lowest BCUT2D eigenvalue weighted by Gasteiger charge is -2.17. The van der Waals surface area contributed by atoms with Gasteiger partial charge in [0.25, 0.3) is 0 Å². The number of hydrogen-bond acceptors (Lipinski definition) is 4. The van der Waals surface area contributed by atoms with Gasteiger partial charge in [0.05, 0.1) is 6.61 Å². The van der Waals surface area contributed by atoms with Crippen LogP contribution in [0.4, 0.5) is 4.79 Å². The first kappa shape index (κ1) is 14.6. The molecule has 2 N–H and O–H groups in total. The fraction of sp³-hybridized carbons (Fsp3) is 0.727. The Morgan fingerprint density at radius 2 is 1.88 bits per heavy atom. The fourth-order valence-electron chi connectivity index (χ4n) is 1.04. The van der Waals surface area contributed by atoms with Gasteiger partial charge in [-0.25, -0.2) is 4.79 Å². The van der Waals surface area contributed by atoms with E-state index in [-0.39, 0.29) is 6.61 Å². The van der Waals surface area contributed by atoms with E-state index in [2.05, 4.69) is 10.7 Å². The molecule has 0 rings (SSSR count). The molecule has 0 aliphatic rings. The van der Waals surface area contributed by atoms with Crippen molar-refractivity contribution in [1.82, 2.24) is 0 Å². The van der Waals surface area contributed by atoms with Crippen molar-refractivity contribution >= 4 is 6.16 Å². The van der Waals surface area contributed by atoms with Crippen molar-refractivity contribution in [2.24, 2.45) is 0 Å². The minimum Gasteiger partial charge on any atom is -0.462 e. The molecule has 16 heavy (non-hydrogen) atoms. The van der Waals surface area contributed by atoms with Gasteiger partial charge in [0.2, 0.25) is 0 Å². The van der Waals surface area contributed by atoms with E-state index < -0.39 is 11.8 Å². The summed E-state index contributed by atoms with van der Waals surface area (Å²) in [5.41, 5.74) is -0.647. The number of aliphatic hydroxyl groups excluding tert-OH is 1. The minimum atomic E-state index is -1.24. The lowest BCUT2D eigenvalue weighted by atomic mass is 10.1. The molecule has 0 saturated heterocycles. The van der Waals surface area contributed by atoms with Gasteiger partial charge in [-0.15, -0.1) is 0 Å². The van der Waals surface area contributed by atoms with E-state index in [4.69, 9.17) is 14.9 Å². The Morgan fingerprint density at radius 3 is 2.44 bits per heavy atom. The number of hydrogen-bond donors (Lipinski definition) is 2. The molecule has 0 aromatic heterocycles. The highest BCUT2D eigenvalue weighted by atomic mass is 16.7. The van der Waals surface area contributed by atoms with Crippen molar-refractivity contribution in [3.05, 3.63) is 0 Å². The molecule has 0 heterocycles. The van der Waals surface area contributed by atoms with E-state index in [1.54, 1.807) is 13.8 Å². The zero-order valence-corrected chi connectivity index (χ0v) is 9.65. The lowest BCUT2D eigenvalue weighted by Crippen LogP contribution is -2.22. The van der Waals surface area contributed by atoms with Gasteiger partial charge >= 0.3 is 6.16 Å². The van der Waals surface area contributed by atoms with Gasteiger partial charge in [0.15, 0.2) is 0 Å². The number of unbranched alkanes of at least 4 members (excludes halogenated alkanes) is 2.